The second-order valence-corrected chi connectivity index (χ2v) is 4.91. The second kappa shape index (κ2) is 5.46. The van der Waals surface area contributed by atoms with Crippen molar-refractivity contribution in [1.82, 2.24) is 0 Å². The Morgan fingerprint density at radius 2 is 1.76 bits per heavy atom. The molecule has 1 fully saturated rings. The lowest BCUT2D eigenvalue weighted by atomic mass is 10.0. The summed E-state index contributed by atoms with van der Waals surface area (Å²) in [6, 6.07) is 8.61. The zero-order chi connectivity index (χ0) is 12.1. The molecule has 92 valence electrons. The lowest BCUT2D eigenvalue weighted by molar-refractivity contribution is -0.107. The highest BCUT2D eigenvalue weighted by Crippen LogP contribution is 2.42. The first-order valence-corrected chi connectivity index (χ1v) is 6.35. The number of aryl methyl sites for hydroxylation is 2. The van der Waals surface area contributed by atoms with E-state index in [4.69, 9.17) is 4.74 Å². The first-order valence-electron chi connectivity index (χ1n) is 6.35. The summed E-state index contributed by atoms with van der Waals surface area (Å²) in [5.74, 6) is 0. The van der Waals surface area contributed by atoms with E-state index in [1.807, 2.05) is 7.11 Å². The van der Waals surface area contributed by atoms with E-state index in [0.717, 1.165) is 25.5 Å². The van der Waals surface area contributed by atoms with Crippen molar-refractivity contribution >= 4 is 6.29 Å². The summed E-state index contributed by atoms with van der Waals surface area (Å²) in [6.45, 7) is 0. The van der Waals surface area contributed by atoms with Gasteiger partial charge in [0.2, 0.25) is 0 Å². The summed E-state index contributed by atoms with van der Waals surface area (Å²) in [6.07, 6.45) is 7.07. The molecule has 0 radical (unpaired) electrons. The maximum atomic E-state index is 10.3. The minimum Gasteiger partial charge on any atom is -0.378 e. The van der Waals surface area contributed by atoms with Crippen LogP contribution < -0.4 is 0 Å². The minimum absolute atomic E-state index is 0.191. The third-order valence-electron chi connectivity index (χ3n) is 3.68. The van der Waals surface area contributed by atoms with Crippen LogP contribution in [0.1, 0.15) is 36.8 Å². The van der Waals surface area contributed by atoms with Crippen molar-refractivity contribution in [3.63, 3.8) is 0 Å². The molecule has 0 N–H and O–H groups in total. The molecule has 0 amide bonds. The molecule has 1 aliphatic carbocycles. The van der Waals surface area contributed by atoms with E-state index in [0.29, 0.717) is 6.42 Å². The lowest BCUT2D eigenvalue weighted by Crippen LogP contribution is -2.12. The Bertz CT molecular complexity index is 363. The number of aldehydes is 1. The van der Waals surface area contributed by atoms with Crippen LogP contribution in [0.25, 0.3) is 0 Å². The Balaban J connectivity index is 1.83. The first kappa shape index (κ1) is 12.3. The largest absolute Gasteiger partial charge is 0.378 e. The number of ether oxygens (including phenoxy) is 1. The van der Waals surface area contributed by atoms with Gasteiger partial charge in [0.15, 0.2) is 0 Å². The monoisotopic (exact) mass is 232 g/mol. The van der Waals surface area contributed by atoms with Gasteiger partial charge in [-0.05, 0) is 43.2 Å². The van der Waals surface area contributed by atoms with Gasteiger partial charge in [0.05, 0.1) is 5.60 Å². The molecule has 2 rings (SSSR count). The molecule has 1 aromatic rings. The molecule has 0 atom stereocenters. The maximum Gasteiger partial charge on any atom is 0.120 e. The number of carbonyl (C=O) groups is 1. The van der Waals surface area contributed by atoms with Crippen LogP contribution in [0.15, 0.2) is 24.3 Å². The van der Waals surface area contributed by atoms with Crippen LogP contribution in [0.4, 0.5) is 0 Å². The van der Waals surface area contributed by atoms with Gasteiger partial charge in [0.1, 0.15) is 6.29 Å². The third kappa shape index (κ3) is 3.40. The molecule has 0 bridgehead atoms. The standard InChI is InChI=1S/C15H20O2/c1-17-15(10-11-15)9-8-14-6-4-13(5-7-14)3-2-12-16/h4-7,12H,2-3,8-11H2,1H3. The van der Waals surface area contributed by atoms with E-state index in [-0.39, 0.29) is 5.60 Å². The van der Waals surface area contributed by atoms with Crippen molar-refractivity contribution in [2.75, 3.05) is 7.11 Å². The lowest BCUT2D eigenvalue weighted by Gasteiger charge is -2.12. The zero-order valence-corrected chi connectivity index (χ0v) is 10.4. The van der Waals surface area contributed by atoms with Crippen LogP contribution in [-0.2, 0) is 22.4 Å². The van der Waals surface area contributed by atoms with Gasteiger partial charge in [-0.2, -0.15) is 0 Å². The van der Waals surface area contributed by atoms with Gasteiger partial charge in [-0.3, -0.25) is 0 Å². The number of rotatable bonds is 7. The van der Waals surface area contributed by atoms with Crippen molar-refractivity contribution in [2.45, 2.75) is 44.1 Å². The van der Waals surface area contributed by atoms with Gasteiger partial charge < -0.3 is 9.53 Å². The van der Waals surface area contributed by atoms with Gasteiger partial charge in [-0.1, -0.05) is 24.3 Å². The van der Waals surface area contributed by atoms with Gasteiger partial charge >= 0.3 is 0 Å². The second-order valence-electron chi connectivity index (χ2n) is 4.91. The van der Waals surface area contributed by atoms with Gasteiger partial charge in [-0.25, -0.2) is 0 Å². The van der Waals surface area contributed by atoms with Crippen LogP contribution in [0.5, 0.6) is 0 Å². The molecule has 0 spiro atoms. The van der Waals surface area contributed by atoms with Crippen molar-refractivity contribution in [3.05, 3.63) is 35.4 Å². The zero-order valence-electron chi connectivity index (χ0n) is 10.4. The van der Waals surface area contributed by atoms with E-state index < -0.39 is 0 Å². The summed E-state index contributed by atoms with van der Waals surface area (Å²) in [5, 5.41) is 0. The Kier molecular flexibility index (Phi) is 3.95. The molecule has 0 heterocycles. The fraction of sp³-hybridized carbons (Fsp3) is 0.533. The minimum atomic E-state index is 0.191. The Morgan fingerprint density at radius 1 is 1.18 bits per heavy atom. The van der Waals surface area contributed by atoms with E-state index in [1.165, 1.54) is 24.0 Å². The van der Waals surface area contributed by atoms with Crippen LogP contribution >= 0.6 is 0 Å². The molecular weight excluding hydrogens is 212 g/mol. The number of carbonyl (C=O) groups excluding carboxylic acids is 1. The first-order chi connectivity index (χ1) is 8.28. The number of methoxy groups -OCH3 is 1. The summed E-state index contributed by atoms with van der Waals surface area (Å²) >= 11 is 0. The Labute approximate surface area is 103 Å². The number of benzene rings is 1. The van der Waals surface area contributed by atoms with Gasteiger partial charge in [-0.15, -0.1) is 0 Å². The highest BCUT2D eigenvalue weighted by molar-refractivity contribution is 5.50. The Morgan fingerprint density at radius 3 is 2.24 bits per heavy atom. The molecule has 0 saturated heterocycles. The summed E-state index contributed by atoms with van der Waals surface area (Å²) in [4.78, 5) is 10.3. The van der Waals surface area contributed by atoms with E-state index in [1.54, 1.807) is 0 Å². The SMILES string of the molecule is COC1(CCc2ccc(CCC=O)cc2)CC1. The fourth-order valence-electron chi connectivity index (χ4n) is 2.17. The maximum absolute atomic E-state index is 10.3. The predicted octanol–water partition coefficient (Wildman–Crippen LogP) is 2.93. The van der Waals surface area contributed by atoms with Crippen molar-refractivity contribution < 1.29 is 9.53 Å². The van der Waals surface area contributed by atoms with E-state index in [9.17, 15) is 4.79 Å². The average molecular weight is 232 g/mol. The third-order valence-corrected chi connectivity index (χ3v) is 3.68. The van der Waals surface area contributed by atoms with Gasteiger partial charge in [0, 0.05) is 13.5 Å². The summed E-state index contributed by atoms with van der Waals surface area (Å²) in [5.41, 5.74) is 2.80. The molecule has 1 aromatic carbocycles. The molecule has 0 aromatic heterocycles. The number of hydrogen-bond acceptors (Lipinski definition) is 2. The van der Waals surface area contributed by atoms with Crippen molar-refractivity contribution in [1.29, 1.82) is 0 Å². The molecule has 0 aliphatic heterocycles. The average Bonchev–Trinajstić information content (AvgIpc) is 3.16. The topological polar surface area (TPSA) is 26.3 Å². The summed E-state index contributed by atoms with van der Waals surface area (Å²) < 4.78 is 5.51. The van der Waals surface area contributed by atoms with Crippen molar-refractivity contribution in [2.24, 2.45) is 0 Å². The molecule has 1 saturated carbocycles. The Hall–Kier alpha value is -1.15. The smallest absolute Gasteiger partial charge is 0.120 e. The molecular formula is C15H20O2. The van der Waals surface area contributed by atoms with Crippen molar-refractivity contribution in [3.8, 4) is 0 Å². The molecule has 2 heteroatoms. The quantitative estimate of drug-likeness (QED) is 0.676. The van der Waals surface area contributed by atoms with Crippen LogP contribution in [0, 0.1) is 0 Å². The van der Waals surface area contributed by atoms with Gasteiger partial charge in [0.25, 0.3) is 0 Å². The highest BCUT2D eigenvalue weighted by atomic mass is 16.5. The van der Waals surface area contributed by atoms with Crippen LogP contribution in [-0.4, -0.2) is 19.0 Å². The molecule has 1 aliphatic rings. The summed E-state index contributed by atoms with van der Waals surface area (Å²) in [7, 11) is 1.82. The van der Waals surface area contributed by atoms with Crippen LogP contribution in [0.2, 0.25) is 0 Å². The van der Waals surface area contributed by atoms with E-state index >= 15 is 0 Å². The molecule has 2 nitrogen and oxygen atoms in total. The molecule has 0 unspecified atom stereocenters. The van der Waals surface area contributed by atoms with E-state index in [2.05, 4.69) is 24.3 Å². The fourth-order valence-corrected chi connectivity index (χ4v) is 2.17. The molecule has 17 heavy (non-hydrogen) atoms. The normalized spacial score (nSPS) is 16.8. The van der Waals surface area contributed by atoms with Crippen LogP contribution in [0.3, 0.4) is 0 Å². The number of hydrogen-bond donors (Lipinski definition) is 0. The highest BCUT2D eigenvalue weighted by Gasteiger charge is 2.42. The predicted molar refractivity (Wildman–Crippen MR) is 68.1 cm³/mol.